The molecule has 8 heteroatoms. The van der Waals surface area contributed by atoms with Crippen molar-refractivity contribution in [2.75, 3.05) is 5.73 Å². The largest absolute Gasteiger partial charge is 0.366 e. The highest BCUT2D eigenvalue weighted by atomic mass is 79.9. The van der Waals surface area contributed by atoms with Crippen LogP contribution in [0.2, 0.25) is 0 Å². The van der Waals surface area contributed by atoms with Gasteiger partial charge in [-0.15, -0.1) is 15.3 Å². The fraction of sp³-hybridized carbons (Fsp3) is 0. The number of halogens is 1. The Labute approximate surface area is 73.7 Å². The van der Waals surface area contributed by atoms with Crippen LogP contribution < -0.4 is 11.3 Å². The normalized spacial score (nSPS) is 10.8. The molecule has 0 unspecified atom stereocenters. The molecule has 0 saturated heterocycles. The molecule has 0 fully saturated rings. The van der Waals surface area contributed by atoms with E-state index in [-0.39, 0.29) is 21.9 Å². The molecule has 0 radical (unpaired) electrons. The average molecular weight is 231 g/mol. The van der Waals surface area contributed by atoms with Gasteiger partial charge >= 0.3 is 0 Å². The van der Waals surface area contributed by atoms with E-state index in [2.05, 4.69) is 36.2 Å². The average Bonchev–Trinajstić information content (AvgIpc) is 2.35. The molecule has 0 amide bonds. The number of aromatic amines is 1. The topological polar surface area (TPSA) is 102 Å². The van der Waals surface area contributed by atoms with Gasteiger partial charge in [0.2, 0.25) is 5.95 Å². The van der Waals surface area contributed by atoms with Crippen LogP contribution in [0.4, 0.5) is 5.95 Å². The van der Waals surface area contributed by atoms with Crippen LogP contribution in [-0.2, 0) is 0 Å². The molecule has 0 bridgehead atoms. The summed E-state index contributed by atoms with van der Waals surface area (Å²) in [5, 5.41) is 10.9. The summed E-state index contributed by atoms with van der Waals surface area (Å²) >= 11 is 2.95. The molecular formula is C4H3BrN6O. The third-order valence-electron chi connectivity index (χ3n) is 1.27. The van der Waals surface area contributed by atoms with Gasteiger partial charge in [-0.25, -0.2) is 0 Å². The van der Waals surface area contributed by atoms with E-state index < -0.39 is 0 Å². The summed E-state index contributed by atoms with van der Waals surface area (Å²) in [5.41, 5.74) is 5.01. The predicted octanol–water partition coefficient (Wildman–Crippen LogP) is -0.843. The van der Waals surface area contributed by atoms with Crippen molar-refractivity contribution in [3.63, 3.8) is 0 Å². The molecule has 0 atom stereocenters. The van der Waals surface area contributed by atoms with Crippen LogP contribution in [0.5, 0.6) is 0 Å². The van der Waals surface area contributed by atoms with Crippen molar-refractivity contribution < 1.29 is 0 Å². The first-order valence-electron chi connectivity index (χ1n) is 2.95. The maximum atomic E-state index is 11.0. The molecule has 3 N–H and O–H groups in total. The number of hydrogen-bond acceptors (Lipinski definition) is 5. The fourth-order valence-corrected chi connectivity index (χ4v) is 1.01. The Morgan fingerprint density at radius 1 is 1.50 bits per heavy atom. The second-order valence-corrected chi connectivity index (χ2v) is 2.79. The number of H-pyrrole nitrogens is 1. The molecule has 0 aliphatic carbocycles. The highest BCUT2D eigenvalue weighted by Crippen LogP contribution is 2.00. The third kappa shape index (κ3) is 0.881. The number of aromatic nitrogens is 5. The van der Waals surface area contributed by atoms with Gasteiger partial charge in [-0.1, -0.05) is 0 Å². The van der Waals surface area contributed by atoms with Crippen molar-refractivity contribution in [3.05, 3.63) is 15.0 Å². The second kappa shape index (κ2) is 2.27. The van der Waals surface area contributed by atoms with E-state index in [0.29, 0.717) is 0 Å². The highest BCUT2D eigenvalue weighted by molar-refractivity contribution is 9.10. The van der Waals surface area contributed by atoms with E-state index >= 15 is 0 Å². The summed E-state index contributed by atoms with van der Waals surface area (Å²) in [6, 6.07) is 0. The van der Waals surface area contributed by atoms with Crippen LogP contribution >= 0.6 is 15.9 Å². The monoisotopic (exact) mass is 230 g/mol. The number of hydrogen-bond donors (Lipinski definition) is 2. The van der Waals surface area contributed by atoms with Gasteiger partial charge in [-0.3, -0.25) is 9.78 Å². The van der Waals surface area contributed by atoms with E-state index in [9.17, 15) is 4.79 Å². The van der Waals surface area contributed by atoms with Gasteiger partial charge in [0.25, 0.3) is 11.3 Å². The summed E-state index contributed by atoms with van der Waals surface area (Å²) < 4.78 is 1.37. The zero-order valence-electron chi connectivity index (χ0n) is 5.65. The van der Waals surface area contributed by atoms with Crippen LogP contribution in [0, 0.1) is 0 Å². The minimum absolute atomic E-state index is 0.127. The number of rotatable bonds is 0. The van der Waals surface area contributed by atoms with Crippen LogP contribution in [0.25, 0.3) is 5.78 Å². The van der Waals surface area contributed by atoms with Gasteiger partial charge in [0.05, 0.1) is 0 Å². The molecule has 0 aliphatic heterocycles. The molecule has 2 heterocycles. The van der Waals surface area contributed by atoms with Crippen molar-refractivity contribution >= 4 is 27.7 Å². The van der Waals surface area contributed by atoms with Gasteiger partial charge in [-0.2, -0.15) is 4.52 Å². The first-order valence-corrected chi connectivity index (χ1v) is 3.74. The lowest BCUT2D eigenvalue weighted by molar-refractivity contribution is 0.872. The number of nitrogens with one attached hydrogen (secondary N) is 1. The summed E-state index contributed by atoms with van der Waals surface area (Å²) in [7, 11) is 0. The molecule has 0 spiro atoms. The molecule has 62 valence electrons. The molecule has 0 aliphatic rings. The molecule has 0 aromatic carbocycles. The van der Waals surface area contributed by atoms with Crippen molar-refractivity contribution in [2.45, 2.75) is 0 Å². The SMILES string of the molecule is Nc1nnc2[nH]c(=O)c(Br)nn12. The summed E-state index contributed by atoms with van der Waals surface area (Å²) in [6.07, 6.45) is 0. The number of anilines is 1. The van der Waals surface area contributed by atoms with Crippen LogP contribution in [0.3, 0.4) is 0 Å². The van der Waals surface area contributed by atoms with Crippen molar-refractivity contribution in [3.8, 4) is 0 Å². The Morgan fingerprint density at radius 3 is 3.00 bits per heavy atom. The molecule has 2 aromatic heterocycles. The number of nitrogens with two attached hydrogens (primary N) is 1. The Hall–Kier alpha value is -1.44. The van der Waals surface area contributed by atoms with E-state index in [1.54, 1.807) is 0 Å². The van der Waals surface area contributed by atoms with Gasteiger partial charge in [0, 0.05) is 0 Å². The highest BCUT2D eigenvalue weighted by Gasteiger charge is 2.05. The van der Waals surface area contributed by atoms with Crippen molar-refractivity contribution in [1.82, 2.24) is 24.8 Å². The molecule has 2 rings (SSSR count). The number of nitrogens with zero attached hydrogens (tertiary/aromatic N) is 4. The smallest absolute Gasteiger partial charge is 0.285 e. The quantitative estimate of drug-likeness (QED) is 0.615. The second-order valence-electron chi connectivity index (χ2n) is 2.04. The van der Waals surface area contributed by atoms with E-state index in [1.165, 1.54) is 4.52 Å². The number of nitrogen functional groups attached to an aromatic ring is 1. The third-order valence-corrected chi connectivity index (χ3v) is 1.78. The maximum absolute atomic E-state index is 11.0. The molecule has 2 aromatic rings. The van der Waals surface area contributed by atoms with E-state index in [4.69, 9.17) is 5.73 Å². The Bertz CT molecular complexity index is 486. The lowest BCUT2D eigenvalue weighted by atomic mass is 10.8. The molecule has 12 heavy (non-hydrogen) atoms. The minimum Gasteiger partial charge on any atom is -0.366 e. The Morgan fingerprint density at radius 2 is 2.25 bits per heavy atom. The molecule has 7 nitrogen and oxygen atoms in total. The lowest BCUT2D eigenvalue weighted by Crippen LogP contribution is -2.13. The lowest BCUT2D eigenvalue weighted by Gasteiger charge is -1.91. The van der Waals surface area contributed by atoms with Crippen LogP contribution in [0.15, 0.2) is 9.40 Å². The summed E-state index contributed by atoms with van der Waals surface area (Å²) in [5.74, 6) is 0.350. The molecule has 0 saturated carbocycles. The van der Waals surface area contributed by atoms with Crippen molar-refractivity contribution in [2.24, 2.45) is 0 Å². The first-order chi connectivity index (χ1) is 5.68. The van der Waals surface area contributed by atoms with Gasteiger partial charge in [-0.05, 0) is 15.9 Å². The molecular weight excluding hydrogens is 228 g/mol. The van der Waals surface area contributed by atoms with Gasteiger partial charge in [0.1, 0.15) is 0 Å². The summed E-state index contributed by atoms with van der Waals surface area (Å²) in [4.78, 5) is 13.4. The van der Waals surface area contributed by atoms with E-state index in [0.717, 1.165) is 0 Å². The standard InChI is InChI=1S/C4H3BrN6O/c5-1-2(12)7-4-9-8-3(6)11(4)10-1/h(H2,6,8)(H,7,9,12). The zero-order valence-corrected chi connectivity index (χ0v) is 7.24. The Balaban J connectivity index is 2.97. The Kier molecular flexibility index (Phi) is 1.37. The maximum Gasteiger partial charge on any atom is 0.285 e. The van der Waals surface area contributed by atoms with E-state index in [1.807, 2.05) is 0 Å². The first kappa shape index (κ1) is 7.22. The fourth-order valence-electron chi connectivity index (χ4n) is 0.755. The van der Waals surface area contributed by atoms with Crippen molar-refractivity contribution in [1.29, 1.82) is 0 Å². The predicted molar refractivity (Wildman–Crippen MR) is 43.5 cm³/mol. The van der Waals surface area contributed by atoms with Crippen LogP contribution in [-0.4, -0.2) is 24.8 Å². The van der Waals surface area contributed by atoms with Gasteiger partial charge in [0.15, 0.2) is 4.60 Å². The number of fused-ring (bicyclic) bond motifs is 1. The summed E-state index contributed by atoms with van der Waals surface area (Å²) in [6.45, 7) is 0. The minimum atomic E-state index is -0.366. The van der Waals surface area contributed by atoms with Crippen LogP contribution in [0.1, 0.15) is 0 Å². The van der Waals surface area contributed by atoms with Gasteiger partial charge < -0.3 is 5.73 Å². The zero-order chi connectivity index (χ0) is 8.72.